The molecule has 0 spiro atoms. The summed E-state index contributed by atoms with van der Waals surface area (Å²) in [6.45, 7) is 2.08. The summed E-state index contributed by atoms with van der Waals surface area (Å²) in [6.07, 6.45) is 3.35. The van der Waals surface area contributed by atoms with Crippen LogP contribution in [0.1, 0.15) is 21.6 Å². The normalized spacial score (nSPS) is 10.8. The van der Waals surface area contributed by atoms with Crippen molar-refractivity contribution in [2.24, 2.45) is 0 Å². The van der Waals surface area contributed by atoms with Gasteiger partial charge in [0.25, 0.3) is 5.56 Å². The van der Waals surface area contributed by atoms with Gasteiger partial charge in [-0.3, -0.25) is 14.3 Å². The zero-order chi connectivity index (χ0) is 30.7. The summed E-state index contributed by atoms with van der Waals surface area (Å²) in [7, 11) is 5.88. The molecule has 0 atom stereocenters. The van der Waals surface area contributed by atoms with Gasteiger partial charge in [-0.2, -0.15) is 0 Å². The van der Waals surface area contributed by atoms with Crippen LogP contribution in [0.5, 0.6) is 23.0 Å². The fraction of sp³-hybridized carbons (Fsp3) is 0.182. The topological polar surface area (TPSA) is 124 Å². The van der Waals surface area contributed by atoms with Gasteiger partial charge < -0.3 is 29.4 Å². The second-order valence-electron chi connectivity index (χ2n) is 9.65. The first kappa shape index (κ1) is 29.0. The van der Waals surface area contributed by atoms with Crippen molar-refractivity contribution < 1.29 is 28.5 Å². The molecule has 3 aromatic carbocycles. The summed E-state index contributed by atoms with van der Waals surface area (Å²) in [4.78, 5) is 32.0. The third-order valence-electron chi connectivity index (χ3n) is 7.18. The number of pyridine rings is 2. The molecule has 5 aromatic rings. The van der Waals surface area contributed by atoms with Gasteiger partial charge in [0.15, 0.2) is 11.5 Å². The Hall–Kier alpha value is -5.51. The van der Waals surface area contributed by atoms with Gasteiger partial charge in [0.2, 0.25) is 0 Å². The molecule has 2 heterocycles. The van der Waals surface area contributed by atoms with Gasteiger partial charge in [-0.25, -0.2) is 4.79 Å². The van der Waals surface area contributed by atoms with Crippen molar-refractivity contribution in [1.29, 1.82) is 0 Å². The van der Waals surface area contributed by atoms with Crippen LogP contribution in [0.2, 0.25) is 0 Å². The number of carbonyl (C=O) groups is 1. The van der Waals surface area contributed by atoms with Gasteiger partial charge in [0.1, 0.15) is 23.8 Å². The van der Waals surface area contributed by atoms with E-state index in [1.54, 1.807) is 75.1 Å². The first-order chi connectivity index (χ1) is 20.8. The number of carbonyl (C=O) groups excluding carboxylic acids is 1. The van der Waals surface area contributed by atoms with Crippen LogP contribution in [0.15, 0.2) is 77.9 Å². The second-order valence-corrected chi connectivity index (χ2v) is 9.65. The van der Waals surface area contributed by atoms with E-state index in [2.05, 4.69) is 4.98 Å². The van der Waals surface area contributed by atoms with Crippen LogP contribution in [0.25, 0.3) is 27.6 Å². The number of nitrogens with two attached hydrogens (primary N) is 1. The maximum Gasteiger partial charge on any atom is 0.355 e. The summed E-state index contributed by atoms with van der Waals surface area (Å²) < 4.78 is 29.7. The number of fused-ring (bicyclic) bond motifs is 1. The molecule has 10 heteroatoms. The molecule has 10 nitrogen and oxygen atoms in total. The average molecular weight is 582 g/mol. The van der Waals surface area contributed by atoms with Gasteiger partial charge in [0.05, 0.1) is 33.8 Å². The average Bonchev–Trinajstić information content (AvgIpc) is 3.04. The summed E-state index contributed by atoms with van der Waals surface area (Å²) in [5.41, 5.74) is 9.04. The van der Waals surface area contributed by atoms with E-state index in [0.29, 0.717) is 50.9 Å². The van der Waals surface area contributed by atoms with E-state index in [1.807, 2.05) is 19.1 Å². The largest absolute Gasteiger partial charge is 0.496 e. The Morgan fingerprint density at radius 3 is 2.00 bits per heavy atom. The van der Waals surface area contributed by atoms with Crippen LogP contribution in [-0.4, -0.2) is 44.0 Å². The molecule has 2 N–H and O–H groups in total. The second kappa shape index (κ2) is 12.2. The Labute approximate surface area is 248 Å². The number of anilines is 1. The zero-order valence-electron chi connectivity index (χ0n) is 24.5. The van der Waals surface area contributed by atoms with Crippen molar-refractivity contribution in [1.82, 2.24) is 9.55 Å². The highest BCUT2D eigenvalue weighted by atomic mass is 16.5. The predicted octanol–water partition coefficient (Wildman–Crippen LogP) is 5.33. The van der Waals surface area contributed by atoms with E-state index in [-0.39, 0.29) is 17.7 Å². The number of ether oxygens (including phenoxy) is 5. The van der Waals surface area contributed by atoms with Crippen LogP contribution in [-0.2, 0) is 11.3 Å². The fourth-order valence-electron chi connectivity index (χ4n) is 5.00. The molecule has 0 saturated heterocycles. The molecule has 0 amide bonds. The molecule has 43 heavy (non-hydrogen) atoms. The molecule has 0 aliphatic rings. The molecule has 0 bridgehead atoms. The van der Waals surface area contributed by atoms with E-state index >= 15 is 0 Å². The lowest BCUT2D eigenvalue weighted by Gasteiger charge is -2.21. The molecular formula is C33H31N3O7. The number of benzene rings is 3. The lowest BCUT2D eigenvalue weighted by Crippen LogP contribution is -2.27. The Morgan fingerprint density at radius 2 is 1.42 bits per heavy atom. The minimum Gasteiger partial charge on any atom is -0.496 e. The highest BCUT2D eigenvalue weighted by molar-refractivity contribution is 6.08. The molecule has 0 saturated carbocycles. The molecule has 0 aliphatic carbocycles. The van der Waals surface area contributed by atoms with Gasteiger partial charge in [-0.15, -0.1) is 0 Å². The first-order valence-corrected chi connectivity index (χ1v) is 13.3. The summed E-state index contributed by atoms with van der Waals surface area (Å²) in [5.74, 6) is 1.07. The van der Waals surface area contributed by atoms with Crippen molar-refractivity contribution in [3.63, 3.8) is 0 Å². The van der Waals surface area contributed by atoms with Gasteiger partial charge in [0, 0.05) is 40.3 Å². The Balaban J connectivity index is 1.91. The molecule has 220 valence electrons. The van der Waals surface area contributed by atoms with Crippen molar-refractivity contribution in [2.45, 2.75) is 13.5 Å². The molecule has 5 rings (SSSR count). The number of methoxy groups -OCH3 is 4. The number of esters is 1. The summed E-state index contributed by atoms with van der Waals surface area (Å²) in [6, 6.07) is 17.2. The van der Waals surface area contributed by atoms with Crippen molar-refractivity contribution in [3.8, 4) is 39.8 Å². The smallest absolute Gasteiger partial charge is 0.355 e. The highest BCUT2D eigenvalue weighted by Crippen LogP contribution is 2.42. The van der Waals surface area contributed by atoms with Gasteiger partial charge >= 0.3 is 5.97 Å². The Kier molecular flexibility index (Phi) is 8.20. The van der Waals surface area contributed by atoms with Crippen molar-refractivity contribution in [2.75, 3.05) is 34.2 Å². The maximum absolute atomic E-state index is 14.3. The van der Waals surface area contributed by atoms with E-state index in [0.717, 1.165) is 11.1 Å². The van der Waals surface area contributed by atoms with Crippen molar-refractivity contribution >= 4 is 22.4 Å². The minimum atomic E-state index is -0.721. The third kappa shape index (κ3) is 5.42. The van der Waals surface area contributed by atoms with E-state index in [1.165, 1.54) is 18.8 Å². The molecule has 0 fully saturated rings. The Bertz CT molecular complexity index is 1840. The van der Waals surface area contributed by atoms with Crippen LogP contribution in [0.4, 0.5) is 5.69 Å². The quantitative estimate of drug-likeness (QED) is 0.182. The maximum atomic E-state index is 14.3. The molecule has 0 unspecified atom stereocenters. The lowest BCUT2D eigenvalue weighted by atomic mass is 9.94. The van der Waals surface area contributed by atoms with Crippen molar-refractivity contribution in [3.05, 3.63) is 100 Å². The fourth-order valence-corrected chi connectivity index (χ4v) is 5.00. The summed E-state index contributed by atoms with van der Waals surface area (Å²) >= 11 is 0. The van der Waals surface area contributed by atoms with E-state index in [9.17, 15) is 9.59 Å². The van der Waals surface area contributed by atoms with Gasteiger partial charge in [-0.05, 0) is 78.7 Å². The number of aromatic nitrogens is 2. The molecule has 2 aromatic heterocycles. The zero-order valence-corrected chi connectivity index (χ0v) is 24.5. The highest BCUT2D eigenvalue weighted by Gasteiger charge is 2.28. The minimum absolute atomic E-state index is 0.00485. The summed E-state index contributed by atoms with van der Waals surface area (Å²) in [5, 5.41) is 0.724. The van der Waals surface area contributed by atoms with Crippen LogP contribution >= 0.6 is 0 Å². The first-order valence-electron chi connectivity index (χ1n) is 13.3. The van der Waals surface area contributed by atoms with Crippen LogP contribution < -0.4 is 30.2 Å². The third-order valence-corrected chi connectivity index (χ3v) is 7.18. The molecule has 0 aliphatic heterocycles. The molecule has 0 radical (unpaired) electrons. The van der Waals surface area contributed by atoms with E-state index < -0.39 is 11.5 Å². The number of rotatable bonds is 9. The number of hydrogen-bond donors (Lipinski definition) is 1. The standard InChI is InChI=1S/C33H31N3O7/c1-19-26(39-2)14-21(15-27(19)40-3)30-24-16-28(41-4)29(43-18-20-10-12-35-13-11-20)17-25(24)32(37)36(31(30)33(38)42-5)23-8-6-22(34)7-9-23/h6-17H,18,34H2,1-5H3. The lowest BCUT2D eigenvalue weighted by molar-refractivity contribution is 0.0591. The SMILES string of the molecule is COC(=O)c1c(-c2cc(OC)c(C)c(OC)c2)c2cc(OC)c(OCc3ccncc3)cc2c(=O)n1-c1ccc(N)cc1. The van der Waals surface area contributed by atoms with Gasteiger partial charge in [-0.1, -0.05) is 0 Å². The van der Waals surface area contributed by atoms with E-state index in [4.69, 9.17) is 29.4 Å². The number of hydrogen-bond acceptors (Lipinski definition) is 9. The number of nitrogen functional groups attached to an aromatic ring is 1. The number of nitrogens with zero attached hydrogens (tertiary/aromatic N) is 2. The van der Waals surface area contributed by atoms with Crippen LogP contribution in [0.3, 0.4) is 0 Å². The Morgan fingerprint density at radius 1 is 0.814 bits per heavy atom. The predicted molar refractivity (Wildman–Crippen MR) is 164 cm³/mol. The molecular weight excluding hydrogens is 550 g/mol. The van der Waals surface area contributed by atoms with Crippen LogP contribution in [0, 0.1) is 6.92 Å². The monoisotopic (exact) mass is 581 g/mol.